The van der Waals surface area contributed by atoms with E-state index in [0.717, 1.165) is 12.8 Å². The van der Waals surface area contributed by atoms with Crippen molar-refractivity contribution >= 4 is 25.6 Å². The molecule has 0 radical (unpaired) electrons. The van der Waals surface area contributed by atoms with Crippen molar-refractivity contribution in [3.05, 3.63) is 17.6 Å². The van der Waals surface area contributed by atoms with Crippen molar-refractivity contribution < 1.29 is 17.6 Å². The number of furan rings is 1. The van der Waals surface area contributed by atoms with Gasteiger partial charge in [0.05, 0.1) is 0 Å². The molecule has 0 saturated heterocycles. The molecule has 5 nitrogen and oxygen atoms in total. The van der Waals surface area contributed by atoms with Crippen LogP contribution in [0.25, 0.3) is 0 Å². The average Bonchev–Trinajstić information content (AvgIpc) is 3.00. The summed E-state index contributed by atoms with van der Waals surface area (Å²) < 4.78 is 27.7. The summed E-state index contributed by atoms with van der Waals surface area (Å²) in [6, 6.07) is 1.45. The van der Waals surface area contributed by atoms with Crippen LogP contribution >= 0.6 is 10.7 Å². The number of hydrogen-bond donors (Lipinski definition) is 0. The highest BCUT2D eigenvalue weighted by atomic mass is 35.7. The van der Waals surface area contributed by atoms with E-state index >= 15 is 0 Å². The molecule has 1 fully saturated rings. The predicted octanol–water partition coefficient (Wildman–Crippen LogP) is 2.14. The molecule has 100 valence electrons. The smallest absolute Gasteiger partial charge is 0.289 e. The number of carbonyl (C=O) groups excluding carboxylic acids is 1. The van der Waals surface area contributed by atoms with Crippen LogP contribution in [0.4, 0.5) is 0 Å². The summed E-state index contributed by atoms with van der Waals surface area (Å²) in [5.41, 5.74) is 0. The van der Waals surface area contributed by atoms with E-state index in [1.165, 1.54) is 13.0 Å². The second kappa shape index (κ2) is 4.59. The first-order valence-electron chi connectivity index (χ1n) is 5.70. The molecule has 0 N–H and O–H groups in total. The van der Waals surface area contributed by atoms with Crippen molar-refractivity contribution in [1.29, 1.82) is 0 Å². The third-order valence-corrected chi connectivity index (χ3v) is 4.36. The molecule has 1 aromatic rings. The molecule has 0 spiro atoms. The van der Waals surface area contributed by atoms with E-state index in [1.807, 2.05) is 6.92 Å². The molecular formula is C11H14ClNO4S. The maximum Gasteiger partial charge on any atom is 0.289 e. The summed E-state index contributed by atoms with van der Waals surface area (Å²) in [4.78, 5) is 13.7. The molecule has 1 heterocycles. The Bertz CT molecular complexity index is 574. The minimum absolute atomic E-state index is 0.0282. The molecule has 1 saturated carbocycles. The Morgan fingerprint density at radius 2 is 2.17 bits per heavy atom. The van der Waals surface area contributed by atoms with E-state index in [0.29, 0.717) is 6.54 Å². The van der Waals surface area contributed by atoms with Crippen LogP contribution < -0.4 is 0 Å². The van der Waals surface area contributed by atoms with Crippen LogP contribution in [0.1, 0.15) is 36.1 Å². The maximum absolute atomic E-state index is 12.1. The van der Waals surface area contributed by atoms with Crippen LogP contribution in [0.5, 0.6) is 0 Å². The van der Waals surface area contributed by atoms with Gasteiger partial charge in [0.25, 0.3) is 15.0 Å². The second-order valence-corrected chi connectivity index (χ2v) is 6.83. The van der Waals surface area contributed by atoms with E-state index < -0.39 is 9.05 Å². The molecule has 0 atom stereocenters. The monoisotopic (exact) mass is 291 g/mol. The van der Waals surface area contributed by atoms with Gasteiger partial charge in [0.15, 0.2) is 5.76 Å². The molecule has 1 aromatic heterocycles. The zero-order valence-corrected chi connectivity index (χ0v) is 11.7. The molecule has 0 aromatic carbocycles. The van der Waals surface area contributed by atoms with E-state index in [2.05, 4.69) is 0 Å². The number of carbonyl (C=O) groups is 1. The number of aryl methyl sites for hydroxylation is 1. The molecule has 0 unspecified atom stereocenters. The zero-order chi connectivity index (χ0) is 13.5. The Labute approximate surface area is 110 Å². The van der Waals surface area contributed by atoms with E-state index in [9.17, 15) is 13.2 Å². The van der Waals surface area contributed by atoms with Crippen molar-refractivity contribution in [2.45, 2.75) is 37.6 Å². The number of hydrogen-bond acceptors (Lipinski definition) is 4. The van der Waals surface area contributed by atoms with Gasteiger partial charge in [-0.15, -0.1) is 0 Å². The largest absolute Gasteiger partial charge is 0.455 e. The number of rotatable bonds is 4. The van der Waals surface area contributed by atoms with Crippen molar-refractivity contribution in [3.63, 3.8) is 0 Å². The summed E-state index contributed by atoms with van der Waals surface area (Å²) in [5.74, 6) is -0.115. The van der Waals surface area contributed by atoms with Crippen LogP contribution in [0.3, 0.4) is 0 Å². The zero-order valence-electron chi connectivity index (χ0n) is 10.1. The highest BCUT2D eigenvalue weighted by molar-refractivity contribution is 8.13. The third kappa shape index (κ3) is 2.54. The standard InChI is InChI=1S/C11H14ClNO4S/c1-3-13(8-4-5-8)11(14)9-6-10(7(2)17-9)18(12,15)16/h6,8H,3-5H2,1-2H3. The minimum atomic E-state index is -3.88. The summed E-state index contributed by atoms with van der Waals surface area (Å²) >= 11 is 0. The number of halogens is 1. The Morgan fingerprint density at radius 3 is 2.56 bits per heavy atom. The Balaban J connectivity index is 2.31. The lowest BCUT2D eigenvalue weighted by Crippen LogP contribution is -2.32. The fraction of sp³-hybridized carbons (Fsp3) is 0.545. The van der Waals surface area contributed by atoms with Gasteiger partial charge in [-0.1, -0.05) is 0 Å². The van der Waals surface area contributed by atoms with Gasteiger partial charge in [-0.2, -0.15) is 0 Å². The quantitative estimate of drug-likeness (QED) is 0.797. The van der Waals surface area contributed by atoms with Crippen LogP contribution in [0, 0.1) is 6.92 Å². The molecule has 2 rings (SSSR count). The second-order valence-electron chi connectivity index (χ2n) is 4.29. The lowest BCUT2D eigenvalue weighted by atomic mass is 10.3. The highest BCUT2D eigenvalue weighted by Crippen LogP contribution is 2.30. The number of nitrogens with zero attached hydrogens (tertiary/aromatic N) is 1. The van der Waals surface area contributed by atoms with E-state index in [-0.39, 0.29) is 28.4 Å². The van der Waals surface area contributed by atoms with E-state index in [4.69, 9.17) is 15.1 Å². The first-order valence-corrected chi connectivity index (χ1v) is 8.01. The Hall–Kier alpha value is -1.01. The molecule has 7 heteroatoms. The van der Waals surface area contributed by atoms with Gasteiger partial charge in [0.2, 0.25) is 0 Å². The average molecular weight is 292 g/mol. The summed E-state index contributed by atoms with van der Waals surface area (Å²) in [7, 11) is 1.38. The van der Waals surface area contributed by atoms with Crippen LogP contribution in [-0.4, -0.2) is 31.8 Å². The number of amides is 1. The van der Waals surface area contributed by atoms with Gasteiger partial charge < -0.3 is 9.32 Å². The van der Waals surface area contributed by atoms with Gasteiger partial charge in [0.1, 0.15) is 10.7 Å². The van der Waals surface area contributed by atoms with Gasteiger partial charge in [-0.05, 0) is 26.7 Å². The molecular weight excluding hydrogens is 278 g/mol. The van der Waals surface area contributed by atoms with Crippen LogP contribution in [0.15, 0.2) is 15.4 Å². The lowest BCUT2D eigenvalue weighted by molar-refractivity contribution is 0.0719. The Morgan fingerprint density at radius 1 is 1.56 bits per heavy atom. The van der Waals surface area contributed by atoms with Gasteiger partial charge in [0, 0.05) is 29.3 Å². The van der Waals surface area contributed by atoms with Gasteiger partial charge in [-0.25, -0.2) is 8.42 Å². The molecule has 1 amide bonds. The molecule has 1 aliphatic rings. The van der Waals surface area contributed by atoms with Crippen molar-refractivity contribution in [1.82, 2.24) is 4.90 Å². The Kier molecular flexibility index (Phi) is 3.42. The van der Waals surface area contributed by atoms with Crippen molar-refractivity contribution in [2.24, 2.45) is 0 Å². The predicted molar refractivity (Wildman–Crippen MR) is 66.2 cm³/mol. The summed E-state index contributed by atoms with van der Waals surface area (Å²) in [5, 5.41) is 0. The fourth-order valence-corrected chi connectivity index (χ4v) is 3.00. The molecule has 18 heavy (non-hydrogen) atoms. The molecule has 0 bridgehead atoms. The van der Waals surface area contributed by atoms with Gasteiger partial charge in [-0.3, -0.25) is 4.79 Å². The topological polar surface area (TPSA) is 67.6 Å². The first-order chi connectivity index (χ1) is 8.34. The maximum atomic E-state index is 12.1. The molecule has 0 aliphatic heterocycles. The van der Waals surface area contributed by atoms with E-state index in [1.54, 1.807) is 4.90 Å². The first kappa shape index (κ1) is 13.4. The van der Waals surface area contributed by atoms with Crippen molar-refractivity contribution in [3.8, 4) is 0 Å². The molecule has 1 aliphatic carbocycles. The van der Waals surface area contributed by atoms with Crippen LogP contribution in [-0.2, 0) is 9.05 Å². The van der Waals surface area contributed by atoms with Crippen molar-refractivity contribution in [2.75, 3.05) is 6.54 Å². The fourth-order valence-electron chi connectivity index (χ4n) is 1.91. The highest BCUT2D eigenvalue weighted by Gasteiger charge is 2.34. The summed E-state index contributed by atoms with van der Waals surface area (Å²) in [6.07, 6.45) is 1.97. The van der Waals surface area contributed by atoms with Crippen LogP contribution in [0.2, 0.25) is 0 Å². The normalized spacial score (nSPS) is 15.7. The minimum Gasteiger partial charge on any atom is -0.455 e. The lowest BCUT2D eigenvalue weighted by Gasteiger charge is -2.18. The SMILES string of the molecule is CCN(C(=O)c1cc(S(=O)(=O)Cl)c(C)o1)C1CC1. The van der Waals surface area contributed by atoms with Gasteiger partial charge >= 0.3 is 0 Å². The summed E-state index contributed by atoms with van der Waals surface area (Å²) in [6.45, 7) is 3.93. The third-order valence-electron chi connectivity index (χ3n) is 2.93.